The maximum Gasteiger partial charge on any atom is 0.237 e. The van der Waals surface area contributed by atoms with E-state index < -0.39 is 0 Å². The van der Waals surface area contributed by atoms with Gasteiger partial charge >= 0.3 is 0 Å². The Hall–Kier alpha value is -1.99. The molecular weight excluding hydrogens is 335 g/mol. The molecule has 0 bridgehead atoms. The van der Waals surface area contributed by atoms with Crippen molar-refractivity contribution >= 4 is 11.8 Å². The highest BCUT2D eigenvalue weighted by atomic mass is 19.1. The lowest BCUT2D eigenvalue weighted by molar-refractivity contribution is -0.138. The highest BCUT2D eigenvalue weighted by Crippen LogP contribution is 2.14. The standard InChI is InChI=1S/C19H27FN4O2/c1-22-10-7-21-19(26)17(22)13-18(25)24-9-4-8-23(11-12-24)14-15-5-2-3-6-16(15)20/h2-3,5-6,17H,4,7-14H2,1H3,(H,21,26)/t17-/m1/s1. The molecule has 0 aliphatic carbocycles. The molecule has 2 aliphatic heterocycles. The van der Waals surface area contributed by atoms with Crippen molar-refractivity contribution in [2.24, 2.45) is 0 Å². The second-order valence-corrected chi connectivity index (χ2v) is 7.09. The third kappa shape index (κ3) is 4.59. The summed E-state index contributed by atoms with van der Waals surface area (Å²) >= 11 is 0. The van der Waals surface area contributed by atoms with Crippen molar-refractivity contribution in [1.29, 1.82) is 0 Å². The smallest absolute Gasteiger partial charge is 0.237 e. The lowest BCUT2D eigenvalue weighted by atomic mass is 10.1. The second-order valence-electron chi connectivity index (χ2n) is 7.09. The Morgan fingerprint density at radius 2 is 2.00 bits per heavy atom. The van der Waals surface area contributed by atoms with Crippen molar-refractivity contribution in [2.45, 2.75) is 25.4 Å². The molecule has 142 valence electrons. The van der Waals surface area contributed by atoms with Gasteiger partial charge in [-0.25, -0.2) is 4.39 Å². The quantitative estimate of drug-likeness (QED) is 0.856. The molecule has 2 fully saturated rings. The number of piperazine rings is 1. The minimum Gasteiger partial charge on any atom is -0.353 e. The molecular formula is C19H27FN4O2. The minimum atomic E-state index is -0.381. The summed E-state index contributed by atoms with van der Waals surface area (Å²) in [7, 11) is 1.88. The predicted octanol–water partition coefficient (Wildman–Crippen LogP) is 0.680. The molecule has 2 amide bonds. The van der Waals surface area contributed by atoms with Gasteiger partial charge in [-0.1, -0.05) is 18.2 Å². The van der Waals surface area contributed by atoms with Crippen molar-refractivity contribution in [3.8, 4) is 0 Å². The van der Waals surface area contributed by atoms with Crippen LogP contribution >= 0.6 is 0 Å². The summed E-state index contributed by atoms with van der Waals surface area (Å²) in [5.41, 5.74) is 0.688. The molecule has 0 unspecified atom stereocenters. The van der Waals surface area contributed by atoms with Crippen molar-refractivity contribution in [3.05, 3.63) is 35.6 Å². The summed E-state index contributed by atoms with van der Waals surface area (Å²) in [5.74, 6) is -0.231. The first-order valence-corrected chi connectivity index (χ1v) is 9.26. The molecule has 2 heterocycles. The van der Waals surface area contributed by atoms with Gasteiger partial charge in [0.15, 0.2) is 0 Å². The molecule has 6 nitrogen and oxygen atoms in total. The fourth-order valence-corrected chi connectivity index (χ4v) is 3.62. The van der Waals surface area contributed by atoms with Crippen LogP contribution in [0.5, 0.6) is 0 Å². The van der Waals surface area contributed by atoms with Crippen molar-refractivity contribution in [2.75, 3.05) is 46.3 Å². The Balaban J connectivity index is 1.54. The van der Waals surface area contributed by atoms with E-state index in [-0.39, 0.29) is 30.1 Å². The Bertz CT molecular complexity index is 654. The highest BCUT2D eigenvalue weighted by molar-refractivity contribution is 5.88. The van der Waals surface area contributed by atoms with Gasteiger partial charge in [-0.15, -0.1) is 0 Å². The Morgan fingerprint density at radius 1 is 1.19 bits per heavy atom. The molecule has 1 atom stereocenters. The summed E-state index contributed by atoms with van der Waals surface area (Å²) < 4.78 is 13.9. The van der Waals surface area contributed by atoms with Gasteiger partial charge in [0, 0.05) is 51.4 Å². The van der Waals surface area contributed by atoms with Crippen LogP contribution in [0, 0.1) is 5.82 Å². The van der Waals surface area contributed by atoms with Gasteiger partial charge in [0.25, 0.3) is 0 Å². The van der Waals surface area contributed by atoms with Crippen molar-refractivity contribution in [3.63, 3.8) is 0 Å². The molecule has 0 aromatic heterocycles. The van der Waals surface area contributed by atoms with Gasteiger partial charge in [-0.3, -0.25) is 19.4 Å². The molecule has 7 heteroatoms. The van der Waals surface area contributed by atoms with Crippen molar-refractivity contribution in [1.82, 2.24) is 20.0 Å². The van der Waals surface area contributed by atoms with Crippen LogP contribution in [0.3, 0.4) is 0 Å². The van der Waals surface area contributed by atoms with Gasteiger partial charge in [0.05, 0.1) is 12.5 Å². The zero-order chi connectivity index (χ0) is 18.5. The number of nitrogens with one attached hydrogen (secondary N) is 1. The number of halogens is 1. The number of carbonyl (C=O) groups excluding carboxylic acids is 2. The van der Waals surface area contributed by atoms with Crippen molar-refractivity contribution < 1.29 is 14.0 Å². The monoisotopic (exact) mass is 362 g/mol. The zero-order valence-corrected chi connectivity index (χ0v) is 15.3. The fourth-order valence-electron chi connectivity index (χ4n) is 3.62. The molecule has 2 aliphatic rings. The summed E-state index contributed by atoms with van der Waals surface area (Å²) in [4.78, 5) is 30.7. The van der Waals surface area contributed by atoms with E-state index in [4.69, 9.17) is 0 Å². The fraction of sp³-hybridized carbons (Fsp3) is 0.579. The van der Waals surface area contributed by atoms with Crippen LogP contribution in [0.1, 0.15) is 18.4 Å². The maximum atomic E-state index is 13.9. The molecule has 1 aromatic rings. The summed E-state index contributed by atoms with van der Waals surface area (Å²) in [5, 5.41) is 2.83. The van der Waals surface area contributed by atoms with E-state index in [1.807, 2.05) is 22.9 Å². The molecule has 0 radical (unpaired) electrons. The molecule has 0 spiro atoms. The SMILES string of the molecule is CN1CCNC(=O)[C@H]1CC(=O)N1CCCN(Cc2ccccc2F)CC1. The third-order valence-corrected chi connectivity index (χ3v) is 5.26. The molecule has 2 saturated heterocycles. The van der Waals surface area contributed by atoms with E-state index in [0.29, 0.717) is 38.3 Å². The first kappa shape index (κ1) is 18.8. The number of rotatable bonds is 4. The zero-order valence-electron chi connectivity index (χ0n) is 15.3. The topological polar surface area (TPSA) is 55.9 Å². The normalized spacial score (nSPS) is 22.8. The van der Waals surface area contributed by atoms with Crippen LogP contribution in [0.2, 0.25) is 0 Å². The molecule has 1 aromatic carbocycles. The number of carbonyl (C=O) groups is 2. The number of likely N-dealkylation sites (N-methyl/N-ethyl adjacent to an activating group) is 1. The van der Waals surface area contributed by atoms with Crippen LogP contribution in [0.25, 0.3) is 0 Å². The Morgan fingerprint density at radius 3 is 2.77 bits per heavy atom. The van der Waals surface area contributed by atoms with E-state index in [2.05, 4.69) is 10.2 Å². The van der Waals surface area contributed by atoms with Crippen LogP contribution in [0.15, 0.2) is 24.3 Å². The maximum absolute atomic E-state index is 13.9. The number of amides is 2. The first-order chi connectivity index (χ1) is 12.5. The lowest BCUT2D eigenvalue weighted by Gasteiger charge is -2.32. The van der Waals surface area contributed by atoms with Gasteiger partial charge in [-0.2, -0.15) is 0 Å². The highest BCUT2D eigenvalue weighted by Gasteiger charge is 2.31. The van der Waals surface area contributed by atoms with Gasteiger partial charge in [-0.05, 0) is 19.5 Å². The summed E-state index contributed by atoms with van der Waals surface area (Å²) in [6.07, 6.45) is 1.07. The first-order valence-electron chi connectivity index (χ1n) is 9.26. The van der Waals surface area contributed by atoms with Crippen LogP contribution < -0.4 is 5.32 Å². The number of hydrogen-bond acceptors (Lipinski definition) is 4. The second kappa shape index (κ2) is 8.60. The largest absolute Gasteiger partial charge is 0.353 e. The summed E-state index contributed by atoms with van der Waals surface area (Å²) in [6.45, 7) is 4.81. The Labute approximate surface area is 153 Å². The minimum absolute atomic E-state index is 0.0200. The van der Waals surface area contributed by atoms with Crippen LogP contribution in [-0.4, -0.2) is 78.9 Å². The van der Waals surface area contributed by atoms with E-state index >= 15 is 0 Å². The number of hydrogen-bond donors (Lipinski definition) is 1. The predicted molar refractivity (Wildman–Crippen MR) is 96.9 cm³/mol. The van der Waals surface area contributed by atoms with Crippen LogP contribution in [0.4, 0.5) is 4.39 Å². The average molecular weight is 362 g/mol. The van der Waals surface area contributed by atoms with E-state index in [0.717, 1.165) is 19.5 Å². The molecule has 1 N–H and O–H groups in total. The van der Waals surface area contributed by atoms with Gasteiger partial charge in [0.1, 0.15) is 5.82 Å². The van der Waals surface area contributed by atoms with E-state index in [9.17, 15) is 14.0 Å². The van der Waals surface area contributed by atoms with Gasteiger partial charge < -0.3 is 10.2 Å². The Kier molecular flexibility index (Phi) is 6.21. The third-order valence-electron chi connectivity index (χ3n) is 5.26. The van der Waals surface area contributed by atoms with E-state index in [1.165, 1.54) is 6.07 Å². The number of nitrogens with zero attached hydrogens (tertiary/aromatic N) is 3. The molecule has 26 heavy (non-hydrogen) atoms. The van der Waals surface area contributed by atoms with Crippen LogP contribution in [-0.2, 0) is 16.1 Å². The average Bonchev–Trinajstić information content (AvgIpc) is 2.86. The molecule has 3 rings (SSSR count). The van der Waals surface area contributed by atoms with Gasteiger partial charge in [0.2, 0.25) is 11.8 Å². The summed E-state index contributed by atoms with van der Waals surface area (Å²) in [6, 6.07) is 6.45. The lowest BCUT2D eigenvalue weighted by Crippen LogP contribution is -2.55. The molecule has 0 saturated carbocycles. The number of benzene rings is 1. The van der Waals surface area contributed by atoms with E-state index in [1.54, 1.807) is 12.1 Å².